The normalized spacial score (nSPS) is 25.7. The fraction of sp³-hybridized carbons (Fsp3) is 0.550. The summed E-state index contributed by atoms with van der Waals surface area (Å²) in [5.74, 6) is 1.50. The van der Waals surface area contributed by atoms with E-state index in [-0.39, 0.29) is 17.3 Å². The molecule has 0 radical (unpaired) electrons. The van der Waals surface area contributed by atoms with Crippen LogP contribution in [-0.4, -0.2) is 58.1 Å². The van der Waals surface area contributed by atoms with E-state index in [1.807, 2.05) is 0 Å². The highest BCUT2D eigenvalue weighted by molar-refractivity contribution is 7.99. The van der Waals surface area contributed by atoms with Gasteiger partial charge < -0.3 is 22.1 Å². The number of pyridine rings is 1. The van der Waals surface area contributed by atoms with Crippen molar-refractivity contribution in [1.82, 2.24) is 19.9 Å². The first kappa shape index (κ1) is 20.1. The maximum Gasteiger partial charge on any atom is 0.158 e. The first-order valence-electron chi connectivity index (χ1n) is 10.4. The van der Waals surface area contributed by atoms with Gasteiger partial charge in [0.05, 0.1) is 11.2 Å². The number of aromatic nitrogens is 3. The second kappa shape index (κ2) is 7.71. The third-order valence-corrected chi connectivity index (χ3v) is 8.55. The minimum atomic E-state index is 0.244. The Kier molecular flexibility index (Phi) is 5.17. The van der Waals surface area contributed by atoms with Crippen LogP contribution in [0.4, 0.5) is 17.5 Å². The molecular weight excluding hydrogens is 420 g/mol. The summed E-state index contributed by atoms with van der Waals surface area (Å²) in [4.78, 5) is 18.8. The van der Waals surface area contributed by atoms with Gasteiger partial charge in [0, 0.05) is 48.2 Å². The van der Waals surface area contributed by atoms with Gasteiger partial charge in [-0.1, -0.05) is 23.4 Å². The minimum absolute atomic E-state index is 0.244. The summed E-state index contributed by atoms with van der Waals surface area (Å²) in [5.41, 5.74) is 19.0. The zero-order chi connectivity index (χ0) is 20.9. The second-order valence-corrected chi connectivity index (χ2v) is 9.99. The molecule has 0 aliphatic carbocycles. The smallest absolute Gasteiger partial charge is 0.158 e. The summed E-state index contributed by atoms with van der Waals surface area (Å²) in [6.07, 6.45) is 8.12. The molecule has 10 heteroatoms. The van der Waals surface area contributed by atoms with Gasteiger partial charge >= 0.3 is 0 Å². The highest BCUT2D eigenvalue weighted by Crippen LogP contribution is 2.46. The molecule has 0 saturated carbocycles. The largest absolute Gasteiger partial charge is 0.382 e. The van der Waals surface area contributed by atoms with Gasteiger partial charge in [-0.3, -0.25) is 4.90 Å². The standard InChI is InChI=1S/C20H27ClN8S/c21-15-13(3-6-25-17(15)23)30-19-18(24)27-14(10-26-19)28-8-4-20(5-9-28)11-29-7-1-2-12(29)16(20)22/h3,6,10,12,16H,1-2,4-5,7-9,11,22H2,(H2,23,25)(H2,24,27)/t12?,16-/m1/s1. The van der Waals surface area contributed by atoms with Crippen LogP contribution in [0.15, 0.2) is 28.4 Å². The Morgan fingerprint density at radius 2 is 1.93 bits per heavy atom. The average Bonchev–Trinajstić information content (AvgIpc) is 3.29. The van der Waals surface area contributed by atoms with E-state index < -0.39 is 0 Å². The van der Waals surface area contributed by atoms with Gasteiger partial charge in [-0.15, -0.1) is 0 Å². The Labute approximate surface area is 185 Å². The third kappa shape index (κ3) is 3.37. The number of halogens is 1. The fourth-order valence-corrected chi connectivity index (χ4v) is 6.30. The molecule has 6 N–H and O–H groups in total. The van der Waals surface area contributed by atoms with Crippen LogP contribution in [0.1, 0.15) is 25.7 Å². The van der Waals surface area contributed by atoms with E-state index >= 15 is 0 Å². The molecule has 0 bridgehead atoms. The predicted molar refractivity (Wildman–Crippen MR) is 121 cm³/mol. The molecule has 3 aliphatic rings. The summed E-state index contributed by atoms with van der Waals surface area (Å²) in [7, 11) is 0. The molecule has 8 nitrogen and oxygen atoms in total. The van der Waals surface area contributed by atoms with Crippen LogP contribution in [-0.2, 0) is 0 Å². The van der Waals surface area contributed by atoms with Crippen LogP contribution in [0.2, 0.25) is 5.02 Å². The number of nitrogens with zero attached hydrogens (tertiary/aromatic N) is 5. The van der Waals surface area contributed by atoms with Crippen molar-refractivity contribution in [3.8, 4) is 0 Å². The van der Waals surface area contributed by atoms with E-state index in [0.29, 0.717) is 21.9 Å². The summed E-state index contributed by atoms with van der Waals surface area (Å²) in [5, 5.41) is 1.01. The number of fused-ring (bicyclic) bond motifs is 1. The number of nitrogens with two attached hydrogens (primary N) is 3. The summed E-state index contributed by atoms with van der Waals surface area (Å²) < 4.78 is 0. The molecule has 0 aromatic carbocycles. The Morgan fingerprint density at radius 3 is 2.67 bits per heavy atom. The number of nitrogen functional groups attached to an aromatic ring is 2. The molecule has 2 aromatic heterocycles. The van der Waals surface area contributed by atoms with Gasteiger partial charge in [-0.05, 0) is 38.3 Å². The zero-order valence-electron chi connectivity index (χ0n) is 16.8. The summed E-state index contributed by atoms with van der Waals surface area (Å²) >= 11 is 7.58. The molecule has 1 spiro atoms. The third-order valence-electron chi connectivity index (χ3n) is 6.98. The number of piperidine rings is 1. The summed E-state index contributed by atoms with van der Waals surface area (Å²) in [6, 6.07) is 2.66. The SMILES string of the molecule is Nc1nc(N2CCC3(CC2)CN2CCCC2[C@H]3N)cnc1Sc1ccnc(N)c1Cl. The van der Waals surface area contributed by atoms with Gasteiger partial charge in [0.1, 0.15) is 16.7 Å². The molecule has 3 fully saturated rings. The van der Waals surface area contributed by atoms with Crippen LogP contribution in [0.5, 0.6) is 0 Å². The highest BCUT2D eigenvalue weighted by atomic mass is 35.5. The molecular formula is C20H27ClN8S. The Bertz CT molecular complexity index is 948. The molecule has 5 heterocycles. The van der Waals surface area contributed by atoms with Crippen molar-refractivity contribution >= 4 is 40.8 Å². The number of anilines is 3. The number of hydrogen-bond acceptors (Lipinski definition) is 9. The molecule has 1 unspecified atom stereocenters. The second-order valence-electron chi connectivity index (χ2n) is 8.58. The van der Waals surface area contributed by atoms with Crippen LogP contribution in [0, 0.1) is 5.41 Å². The average molecular weight is 447 g/mol. The van der Waals surface area contributed by atoms with E-state index in [1.54, 1.807) is 18.5 Å². The van der Waals surface area contributed by atoms with Gasteiger partial charge in [0.15, 0.2) is 5.82 Å². The Morgan fingerprint density at radius 1 is 1.13 bits per heavy atom. The lowest BCUT2D eigenvalue weighted by Gasteiger charge is -2.42. The van der Waals surface area contributed by atoms with E-state index in [1.165, 1.54) is 31.1 Å². The van der Waals surface area contributed by atoms with Crippen LogP contribution < -0.4 is 22.1 Å². The lowest BCUT2D eigenvalue weighted by molar-refractivity contribution is 0.194. The van der Waals surface area contributed by atoms with Gasteiger partial charge in [-0.25, -0.2) is 15.0 Å². The lowest BCUT2D eigenvalue weighted by Crippen LogP contribution is -2.51. The van der Waals surface area contributed by atoms with Crippen LogP contribution >= 0.6 is 23.4 Å². The van der Waals surface area contributed by atoms with Gasteiger partial charge in [0.25, 0.3) is 0 Å². The first-order valence-corrected chi connectivity index (χ1v) is 11.6. The predicted octanol–water partition coefficient (Wildman–Crippen LogP) is 2.23. The van der Waals surface area contributed by atoms with Crippen LogP contribution in [0.3, 0.4) is 0 Å². The fourth-order valence-electron chi connectivity index (χ4n) is 5.28. The van der Waals surface area contributed by atoms with E-state index in [2.05, 4.69) is 24.8 Å². The topological polar surface area (TPSA) is 123 Å². The monoisotopic (exact) mass is 446 g/mol. The van der Waals surface area contributed by atoms with Gasteiger partial charge in [-0.2, -0.15) is 0 Å². The first-order chi connectivity index (χ1) is 14.5. The molecule has 2 aromatic rings. The maximum absolute atomic E-state index is 6.72. The molecule has 5 rings (SSSR count). The zero-order valence-corrected chi connectivity index (χ0v) is 18.4. The number of rotatable bonds is 3. The molecule has 160 valence electrons. The molecule has 3 aliphatic heterocycles. The van der Waals surface area contributed by atoms with E-state index in [9.17, 15) is 0 Å². The van der Waals surface area contributed by atoms with Crippen LogP contribution in [0.25, 0.3) is 0 Å². The molecule has 0 amide bonds. The maximum atomic E-state index is 6.72. The van der Waals surface area contributed by atoms with Crippen molar-refractivity contribution in [2.24, 2.45) is 11.1 Å². The highest BCUT2D eigenvalue weighted by Gasteiger charge is 2.52. The summed E-state index contributed by atoms with van der Waals surface area (Å²) in [6.45, 7) is 4.22. The van der Waals surface area contributed by atoms with Crippen molar-refractivity contribution in [1.29, 1.82) is 0 Å². The van der Waals surface area contributed by atoms with E-state index in [4.69, 9.17) is 28.8 Å². The van der Waals surface area contributed by atoms with Gasteiger partial charge in [0.2, 0.25) is 0 Å². The van der Waals surface area contributed by atoms with Crippen molar-refractivity contribution in [3.05, 3.63) is 23.5 Å². The minimum Gasteiger partial charge on any atom is -0.382 e. The van der Waals surface area contributed by atoms with Crippen molar-refractivity contribution in [3.63, 3.8) is 0 Å². The Balaban J connectivity index is 1.27. The number of hydrogen-bond donors (Lipinski definition) is 3. The Hall–Kier alpha value is -1.81. The molecule has 2 atom stereocenters. The molecule has 30 heavy (non-hydrogen) atoms. The quantitative estimate of drug-likeness (QED) is 0.650. The van der Waals surface area contributed by atoms with Crippen molar-refractivity contribution in [2.45, 2.75) is 47.7 Å². The van der Waals surface area contributed by atoms with E-state index in [0.717, 1.165) is 43.2 Å². The van der Waals surface area contributed by atoms with Crippen molar-refractivity contribution in [2.75, 3.05) is 42.5 Å². The molecule has 3 saturated heterocycles. The lowest BCUT2D eigenvalue weighted by atomic mass is 9.73. The van der Waals surface area contributed by atoms with Crippen molar-refractivity contribution < 1.29 is 0 Å².